The molecule has 0 saturated carbocycles. The Morgan fingerprint density at radius 3 is 2.25 bits per heavy atom. The van der Waals surface area contributed by atoms with Crippen LogP contribution in [-0.4, -0.2) is 36.9 Å². The molecule has 0 aliphatic carbocycles. The molecule has 40 heavy (non-hydrogen) atoms. The molecule has 1 atom stereocenters. The number of amides is 1. The summed E-state index contributed by atoms with van der Waals surface area (Å²) in [4.78, 5) is 32.7. The zero-order chi connectivity index (χ0) is 28.4. The van der Waals surface area contributed by atoms with Crippen LogP contribution in [-0.2, 0) is 4.79 Å². The molecule has 2 N–H and O–H groups in total. The first-order chi connectivity index (χ1) is 19.3. The molecule has 0 saturated heterocycles. The standard InChI is InChI=1S/C30H27N3O6S/c1-17-25(28(35)32-20-8-6-5-7-9-20)26(19-10-12-21(37-2)13-11-19)33-29(36)24(40-30(33)31-17)16-18-14-22(38-3)27(34)23(15-18)39-4/h5-16,26,34H,1-4H3,(H,32,35)/b24-16+/t26-/m0/s1. The molecule has 1 aliphatic rings. The minimum Gasteiger partial charge on any atom is -0.502 e. The Morgan fingerprint density at radius 1 is 1.00 bits per heavy atom. The van der Waals surface area contributed by atoms with Gasteiger partial charge in [0.05, 0.1) is 43.2 Å². The highest BCUT2D eigenvalue weighted by Crippen LogP contribution is 2.37. The highest BCUT2D eigenvalue weighted by Gasteiger charge is 2.32. The number of aromatic nitrogens is 1. The molecule has 2 heterocycles. The normalized spacial score (nSPS) is 14.8. The van der Waals surface area contributed by atoms with Crippen molar-refractivity contribution in [3.8, 4) is 23.0 Å². The van der Waals surface area contributed by atoms with Crippen molar-refractivity contribution in [1.29, 1.82) is 0 Å². The second-order valence-electron chi connectivity index (χ2n) is 8.95. The Kier molecular flexibility index (Phi) is 7.43. The van der Waals surface area contributed by atoms with Gasteiger partial charge in [-0.3, -0.25) is 14.2 Å². The predicted octanol–water partition coefficient (Wildman–Crippen LogP) is 3.61. The Balaban J connectivity index is 1.68. The number of hydrogen-bond donors (Lipinski definition) is 2. The summed E-state index contributed by atoms with van der Waals surface area (Å²) < 4.78 is 17.8. The quantitative estimate of drug-likeness (QED) is 0.359. The fourth-order valence-electron chi connectivity index (χ4n) is 4.58. The van der Waals surface area contributed by atoms with Gasteiger partial charge in [-0.15, -0.1) is 0 Å². The van der Waals surface area contributed by atoms with Gasteiger partial charge in [0.1, 0.15) is 5.75 Å². The molecule has 0 unspecified atom stereocenters. The molecule has 0 radical (unpaired) electrons. The second kappa shape index (κ2) is 11.1. The maximum atomic E-state index is 13.9. The van der Waals surface area contributed by atoms with Crippen LogP contribution in [0.4, 0.5) is 5.69 Å². The van der Waals surface area contributed by atoms with Gasteiger partial charge in [-0.25, -0.2) is 4.99 Å². The molecule has 0 spiro atoms. The summed E-state index contributed by atoms with van der Waals surface area (Å²) in [7, 11) is 4.45. The fourth-order valence-corrected chi connectivity index (χ4v) is 5.63. The SMILES string of the molecule is COc1ccc([C@H]2C(C(=O)Nc3ccccc3)=C(C)N=c3s/c(=C/c4cc(OC)c(O)c(OC)c4)c(=O)n32)cc1. The van der Waals surface area contributed by atoms with Gasteiger partial charge in [0.15, 0.2) is 16.3 Å². The lowest BCUT2D eigenvalue weighted by atomic mass is 9.95. The van der Waals surface area contributed by atoms with Crippen LogP contribution in [0.1, 0.15) is 24.1 Å². The number of ether oxygens (including phenoxy) is 3. The molecule has 3 aromatic carbocycles. The van der Waals surface area contributed by atoms with Crippen LogP contribution in [0.15, 0.2) is 87.8 Å². The number of anilines is 1. The zero-order valence-electron chi connectivity index (χ0n) is 22.3. The summed E-state index contributed by atoms with van der Waals surface area (Å²) in [6, 6.07) is 18.9. The summed E-state index contributed by atoms with van der Waals surface area (Å²) in [5.74, 6) is 0.598. The maximum Gasteiger partial charge on any atom is 0.271 e. The van der Waals surface area contributed by atoms with Gasteiger partial charge < -0.3 is 24.6 Å². The van der Waals surface area contributed by atoms with E-state index in [0.29, 0.717) is 37.6 Å². The molecule has 1 amide bonds. The fraction of sp³-hybridized carbons (Fsp3) is 0.167. The van der Waals surface area contributed by atoms with Crippen molar-refractivity contribution in [1.82, 2.24) is 4.57 Å². The summed E-state index contributed by atoms with van der Waals surface area (Å²) in [5, 5.41) is 13.2. The second-order valence-corrected chi connectivity index (χ2v) is 9.96. The van der Waals surface area contributed by atoms with Crippen LogP contribution >= 0.6 is 11.3 Å². The third-order valence-electron chi connectivity index (χ3n) is 6.53. The van der Waals surface area contributed by atoms with E-state index in [1.54, 1.807) is 61.1 Å². The number of rotatable bonds is 7. The predicted molar refractivity (Wildman–Crippen MR) is 153 cm³/mol. The number of fused-ring (bicyclic) bond motifs is 1. The molecule has 204 valence electrons. The number of para-hydroxylation sites is 1. The Hall–Kier alpha value is -4.83. The monoisotopic (exact) mass is 557 g/mol. The minimum atomic E-state index is -0.725. The van der Waals surface area contributed by atoms with Crippen molar-refractivity contribution >= 4 is 29.0 Å². The molecule has 5 rings (SSSR count). The molecule has 4 aromatic rings. The third-order valence-corrected chi connectivity index (χ3v) is 7.51. The van der Waals surface area contributed by atoms with Gasteiger partial charge in [0.2, 0.25) is 5.75 Å². The Bertz CT molecular complexity index is 1760. The third kappa shape index (κ3) is 4.96. The number of benzene rings is 3. The van der Waals surface area contributed by atoms with Crippen molar-refractivity contribution in [2.45, 2.75) is 13.0 Å². The molecular formula is C30H27N3O6S. The number of thiazole rings is 1. The van der Waals surface area contributed by atoms with Crippen molar-refractivity contribution in [2.75, 3.05) is 26.6 Å². The number of carbonyl (C=O) groups is 1. The lowest BCUT2D eigenvalue weighted by Crippen LogP contribution is -2.40. The van der Waals surface area contributed by atoms with E-state index >= 15 is 0 Å². The average Bonchev–Trinajstić information content (AvgIpc) is 3.27. The first-order valence-corrected chi connectivity index (χ1v) is 13.1. The van der Waals surface area contributed by atoms with Crippen LogP contribution in [0.5, 0.6) is 23.0 Å². The molecule has 1 aliphatic heterocycles. The molecule has 0 fully saturated rings. The van der Waals surface area contributed by atoms with Gasteiger partial charge in [-0.05, 0) is 60.5 Å². The molecule has 9 nitrogen and oxygen atoms in total. The number of aromatic hydroxyl groups is 1. The molecule has 1 aromatic heterocycles. The summed E-state index contributed by atoms with van der Waals surface area (Å²) >= 11 is 1.21. The zero-order valence-corrected chi connectivity index (χ0v) is 23.1. The van der Waals surface area contributed by atoms with Crippen LogP contribution in [0.2, 0.25) is 0 Å². The topological polar surface area (TPSA) is 111 Å². The number of nitrogens with zero attached hydrogens (tertiary/aromatic N) is 2. The van der Waals surface area contributed by atoms with Gasteiger partial charge in [-0.2, -0.15) is 0 Å². The van der Waals surface area contributed by atoms with E-state index in [4.69, 9.17) is 14.2 Å². The number of allylic oxidation sites excluding steroid dienone is 1. The lowest BCUT2D eigenvalue weighted by Gasteiger charge is -2.25. The van der Waals surface area contributed by atoms with E-state index in [1.807, 2.05) is 30.3 Å². The molecule has 0 bridgehead atoms. The van der Waals surface area contributed by atoms with Gasteiger partial charge in [0, 0.05) is 5.69 Å². The molecular weight excluding hydrogens is 530 g/mol. The Labute approximate surface area is 233 Å². The van der Waals surface area contributed by atoms with Crippen molar-refractivity contribution in [3.05, 3.63) is 109 Å². The van der Waals surface area contributed by atoms with Crippen LogP contribution in [0.3, 0.4) is 0 Å². The first kappa shape index (κ1) is 26.8. The van der Waals surface area contributed by atoms with Gasteiger partial charge in [0.25, 0.3) is 11.5 Å². The summed E-state index contributed by atoms with van der Waals surface area (Å²) in [6.45, 7) is 1.77. The number of carbonyl (C=O) groups excluding carboxylic acids is 1. The van der Waals surface area contributed by atoms with Crippen LogP contribution in [0, 0.1) is 0 Å². The Morgan fingerprint density at radius 2 is 1.65 bits per heavy atom. The lowest BCUT2D eigenvalue weighted by molar-refractivity contribution is -0.113. The number of phenols is 1. The van der Waals surface area contributed by atoms with E-state index in [-0.39, 0.29) is 28.7 Å². The number of hydrogen-bond acceptors (Lipinski definition) is 8. The smallest absolute Gasteiger partial charge is 0.271 e. The van der Waals surface area contributed by atoms with Crippen molar-refractivity contribution < 1.29 is 24.1 Å². The number of methoxy groups -OCH3 is 3. The summed E-state index contributed by atoms with van der Waals surface area (Å²) in [5.41, 5.74) is 2.52. The van der Waals surface area contributed by atoms with Gasteiger partial charge >= 0.3 is 0 Å². The minimum absolute atomic E-state index is 0.132. The average molecular weight is 558 g/mol. The highest BCUT2D eigenvalue weighted by atomic mass is 32.1. The van der Waals surface area contributed by atoms with E-state index in [1.165, 1.54) is 25.6 Å². The highest BCUT2D eigenvalue weighted by molar-refractivity contribution is 7.07. The first-order valence-electron chi connectivity index (χ1n) is 12.3. The number of phenolic OH excluding ortho intramolecular Hbond substituents is 1. The number of nitrogens with one attached hydrogen (secondary N) is 1. The molecule has 10 heteroatoms. The summed E-state index contributed by atoms with van der Waals surface area (Å²) in [6.07, 6.45) is 1.68. The van der Waals surface area contributed by atoms with E-state index in [9.17, 15) is 14.7 Å². The largest absolute Gasteiger partial charge is 0.502 e. The van der Waals surface area contributed by atoms with Crippen LogP contribution in [0.25, 0.3) is 6.08 Å². The van der Waals surface area contributed by atoms with E-state index in [0.717, 1.165) is 5.56 Å². The van der Waals surface area contributed by atoms with Crippen molar-refractivity contribution in [3.63, 3.8) is 0 Å². The van der Waals surface area contributed by atoms with E-state index in [2.05, 4.69) is 10.3 Å². The van der Waals surface area contributed by atoms with Gasteiger partial charge in [-0.1, -0.05) is 41.7 Å². The van der Waals surface area contributed by atoms with Crippen molar-refractivity contribution in [2.24, 2.45) is 4.99 Å². The van der Waals surface area contributed by atoms with E-state index < -0.39 is 6.04 Å². The van der Waals surface area contributed by atoms with Crippen LogP contribution < -0.4 is 34.4 Å². The maximum absolute atomic E-state index is 13.9.